The van der Waals surface area contributed by atoms with Crippen molar-refractivity contribution in [1.29, 1.82) is 0 Å². The minimum Gasteiger partial charge on any atom is -0.491 e. The van der Waals surface area contributed by atoms with Crippen molar-refractivity contribution in [3.63, 3.8) is 0 Å². The number of aliphatic carboxylic acids is 1. The summed E-state index contributed by atoms with van der Waals surface area (Å²) in [4.78, 5) is 23.1. The third-order valence-electron chi connectivity index (χ3n) is 5.83. The summed E-state index contributed by atoms with van der Waals surface area (Å²) in [5, 5.41) is 19.8. The fraction of sp³-hybridized carbons (Fsp3) is 0.579. The van der Waals surface area contributed by atoms with Crippen LogP contribution in [-0.2, 0) is 25.2 Å². The van der Waals surface area contributed by atoms with Crippen LogP contribution < -0.4 is 4.74 Å². The number of alkyl halides is 3. The highest BCUT2D eigenvalue weighted by Gasteiger charge is 2.62. The van der Waals surface area contributed by atoms with E-state index < -0.39 is 54.0 Å². The first-order valence-electron chi connectivity index (χ1n) is 9.21. The molecule has 1 aromatic carbocycles. The molecule has 1 unspecified atom stereocenters. The molecule has 10 heteroatoms. The third-order valence-corrected chi connectivity index (χ3v) is 5.83. The molecular weight excluding hydrogens is 397 g/mol. The van der Waals surface area contributed by atoms with Crippen LogP contribution in [0.1, 0.15) is 18.4 Å². The Morgan fingerprint density at radius 3 is 2.79 bits per heavy atom. The first-order chi connectivity index (χ1) is 13.6. The second kappa shape index (κ2) is 7.17. The molecule has 1 aromatic rings. The molecule has 3 aliphatic rings. The van der Waals surface area contributed by atoms with Gasteiger partial charge < -0.3 is 24.4 Å². The summed E-state index contributed by atoms with van der Waals surface area (Å²) in [6.07, 6.45) is -7.07. The Labute approximate surface area is 163 Å². The zero-order valence-corrected chi connectivity index (χ0v) is 15.0. The number of carbonyl (C=O) groups is 2. The van der Waals surface area contributed by atoms with Gasteiger partial charge >= 0.3 is 18.1 Å². The van der Waals surface area contributed by atoms with Crippen LogP contribution in [0.3, 0.4) is 0 Å². The second-order valence-corrected chi connectivity index (χ2v) is 7.62. The maximum atomic E-state index is 12.8. The van der Waals surface area contributed by atoms with E-state index in [0.29, 0.717) is 0 Å². The minimum absolute atomic E-state index is 0.0461. The summed E-state index contributed by atoms with van der Waals surface area (Å²) in [5.41, 5.74) is -0.864. The van der Waals surface area contributed by atoms with E-state index in [1.54, 1.807) is 0 Å². The average Bonchev–Trinajstić information content (AvgIpc) is 3.23. The third kappa shape index (κ3) is 3.91. The molecule has 7 nitrogen and oxygen atoms in total. The minimum atomic E-state index is -4.51. The second-order valence-electron chi connectivity index (χ2n) is 7.62. The Bertz CT molecular complexity index is 811. The number of carboxylic acid groups (broad SMARTS) is 1. The lowest BCUT2D eigenvalue weighted by Gasteiger charge is -2.18. The number of halogens is 3. The van der Waals surface area contributed by atoms with E-state index in [1.807, 2.05) is 0 Å². The van der Waals surface area contributed by atoms with Gasteiger partial charge in [0.15, 0.2) is 0 Å². The van der Waals surface area contributed by atoms with Gasteiger partial charge in [-0.1, -0.05) is 6.07 Å². The summed E-state index contributed by atoms with van der Waals surface area (Å²) in [5.74, 6) is -2.93. The molecule has 1 saturated carbocycles. The molecule has 7 atom stereocenters. The summed E-state index contributed by atoms with van der Waals surface area (Å²) in [6, 6.07) is 4.29. The molecule has 0 bridgehead atoms. The van der Waals surface area contributed by atoms with Crippen molar-refractivity contribution >= 4 is 11.9 Å². The van der Waals surface area contributed by atoms with Crippen LogP contribution >= 0.6 is 0 Å². The number of hydrogen-bond donors (Lipinski definition) is 2. The van der Waals surface area contributed by atoms with E-state index in [2.05, 4.69) is 0 Å². The lowest BCUT2D eigenvalue weighted by molar-refractivity contribution is -0.147. The highest BCUT2D eigenvalue weighted by atomic mass is 19.4. The number of hydrogen-bond acceptors (Lipinski definition) is 6. The van der Waals surface area contributed by atoms with Crippen LogP contribution in [0, 0.1) is 17.8 Å². The normalized spacial score (nSPS) is 34.4. The van der Waals surface area contributed by atoms with Crippen molar-refractivity contribution < 1.29 is 47.2 Å². The summed E-state index contributed by atoms with van der Waals surface area (Å²) < 4.78 is 54.2. The molecule has 0 amide bonds. The number of ether oxygens (including phenoxy) is 3. The largest absolute Gasteiger partial charge is 0.491 e. The number of benzene rings is 1. The Hall–Kier alpha value is -2.33. The topological polar surface area (TPSA) is 106 Å². The van der Waals surface area contributed by atoms with Gasteiger partial charge in [0.05, 0.1) is 24.0 Å². The molecule has 4 rings (SSSR count). The first kappa shape index (κ1) is 20.0. The number of rotatable bonds is 6. The summed E-state index contributed by atoms with van der Waals surface area (Å²) >= 11 is 0. The van der Waals surface area contributed by atoms with Crippen LogP contribution in [0.4, 0.5) is 13.2 Å². The zero-order valence-electron chi connectivity index (χ0n) is 15.0. The van der Waals surface area contributed by atoms with E-state index in [-0.39, 0.29) is 37.1 Å². The number of esters is 1. The molecule has 2 saturated heterocycles. The predicted molar refractivity (Wildman–Crippen MR) is 88.8 cm³/mol. The molecule has 2 heterocycles. The average molecular weight is 416 g/mol. The lowest BCUT2D eigenvalue weighted by Crippen LogP contribution is -2.32. The van der Waals surface area contributed by atoms with Crippen LogP contribution in [0.15, 0.2) is 24.3 Å². The van der Waals surface area contributed by atoms with E-state index in [1.165, 1.54) is 12.1 Å². The lowest BCUT2D eigenvalue weighted by atomic mass is 9.83. The molecule has 2 N–H and O–H groups in total. The van der Waals surface area contributed by atoms with Crippen molar-refractivity contribution in [2.24, 2.45) is 17.8 Å². The fourth-order valence-corrected chi connectivity index (χ4v) is 4.47. The Balaban J connectivity index is 1.37. The molecular formula is C19H19F3O7. The number of aliphatic hydroxyl groups is 1. The molecule has 2 aliphatic heterocycles. The number of carboxylic acids is 1. The maximum absolute atomic E-state index is 12.8. The van der Waals surface area contributed by atoms with Gasteiger partial charge in [-0.3, -0.25) is 9.59 Å². The predicted octanol–water partition coefficient (Wildman–Crippen LogP) is 1.86. The van der Waals surface area contributed by atoms with Gasteiger partial charge in [0, 0.05) is 11.8 Å². The number of aliphatic hydroxyl groups excluding tert-OH is 1. The molecule has 0 spiro atoms. The van der Waals surface area contributed by atoms with Gasteiger partial charge in [0.2, 0.25) is 0 Å². The summed E-state index contributed by atoms with van der Waals surface area (Å²) in [6.45, 7) is -0.309. The number of epoxide rings is 1. The van der Waals surface area contributed by atoms with Crippen LogP contribution in [0.2, 0.25) is 0 Å². The molecule has 3 fully saturated rings. The van der Waals surface area contributed by atoms with E-state index in [0.717, 1.165) is 12.1 Å². The molecule has 29 heavy (non-hydrogen) atoms. The van der Waals surface area contributed by atoms with Gasteiger partial charge in [-0.05, 0) is 24.6 Å². The first-order valence-corrected chi connectivity index (χ1v) is 9.21. The van der Waals surface area contributed by atoms with Gasteiger partial charge in [-0.15, -0.1) is 0 Å². The van der Waals surface area contributed by atoms with E-state index >= 15 is 0 Å². The number of carbonyl (C=O) groups excluding carboxylic acids is 1. The molecule has 1 aliphatic carbocycles. The monoisotopic (exact) mass is 416 g/mol. The smallest absolute Gasteiger partial charge is 0.416 e. The molecule has 158 valence electrons. The van der Waals surface area contributed by atoms with Crippen LogP contribution in [-0.4, -0.2) is 53.2 Å². The fourth-order valence-electron chi connectivity index (χ4n) is 4.47. The maximum Gasteiger partial charge on any atom is 0.416 e. The zero-order chi connectivity index (χ0) is 20.9. The van der Waals surface area contributed by atoms with Crippen molar-refractivity contribution in [3.05, 3.63) is 29.8 Å². The highest BCUT2D eigenvalue weighted by Crippen LogP contribution is 2.52. The van der Waals surface area contributed by atoms with Crippen LogP contribution in [0.5, 0.6) is 5.75 Å². The van der Waals surface area contributed by atoms with Crippen molar-refractivity contribution in [2.45, 2.75) is 43.4 Å². The van der Waals surface area contributed by atoms with E-state index in [4.69, 9.17) is 14.2 Å². The Kier molecular flexibility index (Phi) is 4.94. The Morgan fingerprint density at radius 1 is 1.34 bits per heavy atom. The van der Waals surface area contributed by atoms with Crippen molar-refractivity contribution in [3.8, 4) is 5.75 Å². The van der Waals surface area contributed by atoms with Crippen molar-refractivity contribution in [1.82, 2.24) is 0 Å². The van der Waals surface area contributed by atoms with Gasteiger partial charge in [-0.25, -0.2) is 0 Å². The van der Waals surface area contributed by atoms with Crippen LogP contribution in [0.25, 0.3) is 0 Å². The van der Waals surface area contributed by atoms with Gasteiger partial charge in [0.1, 0.15) is 30.7 Å². The van der Waals surface area contributed by atoms with Crippen molar-refractivity contribution in [2.75, 3.05) is 6.61 Å². The summed E-state index contributed by atoms with van der Waals surface area (Å²) in [7, 11) is 0. The van der Waals surface area contributed by atoms with Gasteiger partial charge in [0.25, 0.3) is 0 Å². The SMILES string of the molecule is O=C1C[C@@H]2[C@@H]([C@H]3OC3[C@H](O)COc3cccc(C(F)(F)F)c3)[C@H](C(=O)O)C[C@@H]2O1. The van der Waals surface area contributed by atoms with E-state index in [9.17, 15) is 33.0 Å². The Morgan fingerprint density at radius 2 is 2.10 bits per heavy atom. The van der Waals surface area contributed by atoms with Gasteiger partial charge in [-0.2, -0.15) is 13.2 Å². The standard InChI is InChI=1S/C19H19F3O7/c20-19(21,22)8-2-1-3-9(4-8)27-7-12(23)16-17(29-16)15-10-6-14(24)28-13(10)5-11(15)18(25)26/h1-4,10-13,15-17,23H,5-7H2,(H,25,26)/t10-,11+,12+,13-,15+,16?,17+/m0/s1. The molecule has 0 radical (unpaired) electrons. The highest BCUT2D eigenvalue weighted by molar-refractivity contribution is 5.75. The quantitative estimate of drug-likeness (QED) is 0.539. The molecule has 0 aromatic heterocycles. The number of fused-ring (bicyclic) bond motifs is 1.